The average molecular weight is 492 g/mol. The lowest BCUT2D eigenvalue weighted by atomic mass is 9.93. The van der Waals surface area contributed by atoms with Crippen LogP contribution in [-0.2, 0) is 14.3 Å². The van der Waals surface area contributed by atoms with Gasteiger partial charge in [-0.25, -0.2) is 4.79 Å². The molecule has 2 aromatic rings. The Morgan fingerprint density at radius 1 is 1.08 bits per heavy atom. The van der Waals surface area contributed by atoms with Gasteiger partial charge < -0.3 is 18.9 Å². The number of carbonyl (C=O) groups excluding carboxylic acids is 2. The Morgan fingerprint density at radius 2 is 1.69 bits per heavy atom. The Morgan fingerprint density at radius 3 is 2.22 bits per heavy atom. The minimum atomic E-state index is -0.729. The van der Waals surface area contributed by atoms with Crippen molar-refractivity contribution in [3.05, 3.63) is 90.6 Å². The summed E-state index contributed by atoms with van der Waals surface area (Å²) < 4.78 is 22.2. The molecular formula is C29H33NO6. The molecule has 3 rings (SSSR count). The van der Waals surface area contributed by atoms with Crippen molar-refractivity contribution in [1.29, 1.82) is 0 Å². The molecule has 0 aromatic heterocycles. The van der Waals surface area contributed by atoms with Crippen molar-refractivity contribution in [2.24, 2.45) is 0 Å². The third-order valence-corrected chi connectivity index (χ3v) is 5.94. The lowest BCUT2D eigenvalue weighted by Crippen LogP contribution is -2.37. The van der Waals surface area contributed by atoms with Crippen molar-refractivity contribution in [2.45, 2.75) is 44.9 Å². The number of esters is 1. The second-order valence-electron chi connectivity index (χ2n) is 8.30. The number of carbonyl (C=O) groups is 2. The van der Waals surface area contributed by atoms with Gasteiger partial charge in [-0.15, -0.1) is 0 Å². The zero-order valence-electron chi connectivity index (χ0n) is 21.2. The summed E-state index contributed by atoms with van der Waals surface area (Å²) in [6, 6.07) is 14.1. The van der Waals surface area contributed by atoms with Gasteiger partial charge in [-0.1, -0.05) is 43.0 Å². The first-order valence-corrected chi connectivity index (χ1v) is 11.8. The van der Waals surface area contributed by atoms with Crippen molar-refractivity contribution < 1.29 is 28.5 Å². The predicted octanol–water partition coefficient (Wildman–Crippen LogP) is 6.17. The zero-order chi connectivity index (χ0) is 26.1. The SMILES string of the molecule is C=C/C=C(\C=C/C)CC[C@@H](OC(C)=O)[C@H]1OC(=O)N(c2ccc(OC)cc2)[C@@H]1c1ccc(OC)cc1. The molecule has 0 radical (unpaired) electrons. The van der Waals surface area contributed by atoms with E-state index in [1.807, 2.05) is 49.4 Å². The minimum Gasteiger partial charge on any atom is -0.497 e. The fraction of sp³-hybridized carbons (Fsp3) is 0.310. The first kappa shape index (κ1) is 26.6. The number of rotatable bonds is 11. The Balaban J connectivity index is 2.02. The molecule has 3 atom stereocenters. The van der Waals surface area contributed by atoms with Gasteiger partial charge in [0.05, 0.1) is 14.2 Å². The molecule has 1 aliphatic rings. The smallest absolute Gasteiger partial charge is 0.415 e. The lowest BCUT2D eigenvalue weighted by Gasteiger charge is -2.29. The topological polar surface area (TPSA) is 74.3 Å². The molecule has 1 fully saturated rings. The molecule has 7 nitrogen and oxygen atoms in total. The fourth-order valence-corrected chi connectivity index (χ4v) is 4.33. The normalized spacial score (nSPS) is 18.6. The van der Waals surface area contributed by atoms with Crippen LogP contribution in [0.3, 0.4) is 0 Å². The summed E-state index contributed by atoms with van der Waals surface area (Å²) >= 11 is 0. The summed E-state index contributed by atoms with van der Waals surface area (Å²) in [5, 5.41) is 0. The number of allylic oxidation sites excluding steroid dienone is 5. The van der Waals surface area contributed by atoms with Crippen LogP contribution in [0, 0.1) is 0 Å². The van der Waals surface area contributed by atoms with E-state index in [0.717, 1.165) is 11.1 Å². The minimum absolute atomic E-state index is 0.437. The molecule has 1 aliphatic heterocycles. The summed E-state index contributed by atoms with van der Waals surface area (Å²) in [5.41, 5.74) is 2.50. The van der Waals surface area contributed by atoms with Gasteiger partial charge in [-0.2, -0.15) is 0 Å². The third kappa shape index (κ3) is 6.36. The van der Waals surface area contributed by atoms with Gasteiger partial charge in [-0.3, -0.25) is 9.69 Å². The van der Waals surface area contributed by atoms with Crippen molar-refractivity contribution >= 4 is 17.7 Å². The standard InChI is InChI=1S/C29H33NO6/c1-6-8-21(9-7-2)10-19-26(35-20(3)31)28-27(22-11-15-24(33-4)16-12-22)30(29(32)36-28)23-13-17-25(34-5)18-14-23/h6-9,11-18,26-28H,1,10,19H2,2-5H3/b9-7-,21-8+/t26-,27-,28-/m1/s1. The van der Waals surface area contributed by atoms with Crippen LogP contribution in [0.15, 0.2) is 85.0 Å². The summed E-state index contributed by atoms with van der Waals surface area (Å²) in [6.07, 6.45) is 6.72. The van der Waals surface area contributed by atoms with E-state index in [2.05, 4.69) is 6.58 Å². The van der Waals surface area contributed by atoms with Gasteiger partial charge in [0.25, 0.3) is 0 Å². The van der Waals surface area contributed by atoms with Gasteiger partial charge >= 0.3 is 12.1 Å². The number of methoxy groups -OCH3 is 2. The summed E-state index contributed by atoms with van der Waals surface area (Å²) in [7, 11) is 3.18. The molecule has 2 aromatic carbocycles. The van der Waals surface area contributed by atoms with E-state index in [4.69, 9.17) is 18.9 Å². The highest BCUT2D eigenvalue weighted by Gasteiger charge is 2.48. The lowest BCUT2D eigenvalue weighted by molar-refractivity contribution is -0.152. The van der Waals surface area contributed by atoms with Crippen LogP contribution in [0.5, 0.6) is 11.5 Å². The molecule has 1 amide bonds. The van der Waals surface area contributed by atoms with Crippen molar-refractivity contribution in [1.82, 2.24) is 0 Å². The molecule has 0 N–H and O–H groups in total. The first-order valence-electron chi connectivity index (χ1n) is 11.8. The molecule has 7 heteroatoms. The monoisotopic (exact) mass is 491 g/mol. The highest BCUT2D eigenvalue weighted by molar-refractivity contribution is 5.91. The second-order valence-corrected chi connectivity index (χ2v) is 8.30. The number of benzene rings is 2. The molecule has 0 saturated carbocycles. The summed E-state index contributed by atoms with van der Waals surface area (Å²) in [5.74, 6) is 0.929. The van der Waals surface area contributed by atoms with E-state index < -0.39 is 30.3 Å². The number of hydrogen-bond donors (Lipinski definition) is 0. The molecule has 0 unspecified atom stereocenters. The van der Waals surface area contributed by atoms with E-state index in [1.54, 1.807) is 49.5 Å². The highest BCUT2D eigenvalue weighted by Crippen LogP contribution is 2.41. The number of anilines is 1. The maximum absolute atomic E-state index is 13.3. The average Bonchev–Trinajstić information content (AvgIpc) is 3.23. The zero-order valence-corrected chi connectivity index (χ0v) is 21.2. The Kier molecular flexibility index (Phi) is 9.33. The molecule has 1 saturated heterocycles. The van der Waals surface area contributed by atoms with E-state index >= 15 is 0 Å². The van der Waals surface area contributed by atoms with Crippen molar-refractivity contribution in [2.75, 3.05) is 19.1 Å². The van der Waals surface area contributed by atoms with Crippen molar-refractivity contribution in [3.63, 3.8) is 0 Å². The van der Waals surface area contributed by atoms with Crippen LogP contribution in [0.4, 0.5) is 10.5 Å². The maximum Gasteiger partial charge on any atom is 0.415 e. The summed E-state index contributed by atoms with van der Waals surface area (Å²) in [6.45, 7) is 7.07. The van der Waals surface area contributed by atoms with Crippen LogP contribution < -0.4 is 14.4 Å². The molecule has 36 heavy (non-hydrogen) atoms. The van der Waals surface area contributed by atoms with E-state index in [9.17, 15) is 9.59 Å². The predicted molar refractivity (Wildman–Crippen MR) is 139 cm³/mol. The number of hydrogen-bond acceptors (Lipinski definition) is 6. The molecular weight excluding hydrogens is 458 g/mol. The fourth-order valence-electron chi connectivity index (χ4n) is 4.33. The van der Waals surface area contributed by atoms with E-state index in [-0.39, 0.29) is 0 Å². The van der Waals surface area contributed by atoms with E-state index in [1.165, 1.54) is 6.92 Å². The van der Waals surface area contributed by atoms with E-state index in [0.29, 0.717) is 30.0 Å². The Hall–Kier alpha value is -4.00. The number of cyclic esters (lactones) is 1. The third-order valence-electron chi connectivity index (χ3n) is 5.94. The van der Waals surface area contributed by atoms with Crippen molar-refractivity contribution in [3.8, 4) is 11.5 Å². The van der Waals surface area contributed by atoms with Crippen LogP contribution in [-0.4, -0.2) is 38.5 Å². The highest BCUT2D eigenvalue weighted by atomic mass is 16.6. The number of nitrogens with zero attached hydrogens (tertiary/aromatic N) is 1. The van der Waals surface area contributed by atoms with Crippen LogP contribution in [0.25, 0.3) is 0 Å². The number of ether oxygens (including phenoxy) is 4. The molecule has 1 heterocycles. The Labute approximate surface area is 212 Å². The Bertz CT molecular complexity index is 1100. The maximum atomic E-state index is 13.3. The first-order chi connectivity index (χ1) is 17.4. The van der Waals surface area contributed by atoms with Gasteiger partial charge in [0.2, 0.25) is 0 Å². The molecule has 0 spiro atoms. The number of amides is 1. The molecule has 190 valence electrons. The molecule has 0 bridgehead atoms. The largest absolute Gasteiger partial charge is 0.497 e. The van der Waals surface area contributed by atoms with Crippen LogP contribution in [0.1, 0.15) is 38.3 Å². The van der Waals surface area contributed by atoms with Gasteiger partial charge in [-0.05, 0) is 67.3 Å². The quantitative estimate of drug-likeness (QED) is 0.276. The molecule has 0 aliphatic carbocycles. The van der Waals surface area contributed by atoms with Crippen LogP contribution >= 0.6 is 0 Å². The summed E-state index contributed by atoms with van der Waals surface area (Å²) in [4.78, 5) is 26.9. The second kappa shape index (κ2) is 12.6. The van der Waals surface area contributed by atoms with Gasteiger partial charge in [0.15, 0.2) is 6.10 Å². The van der Waals surface area contributed by atoms with Crippen LogP contribution in [0.2, 0.25) is 0 Å². The van der Waals surface area contributed by atoms with Gasteiger partial charge in [0, 0.05) is 12.6 Å². The van der Waals surface area contributed by atoms with Gasteiger partial charge in [0.1, 0.15) is 23.6 Å².